The number of carbonyl (C=O) groups excluding carboxylic acids is 2. The number of hydrogen-bond donors (Lipinski definition) is 1. The van der Waals surface area contributed by atoms with Crippen LogP contribution in [-0.4, -0.2) is 58.0 Å². The average Bonchev–Trinajstić information content (AvgIpc) is 3.25. The lowest BCUT2D eigenvalue weighted by Crippen LogP contribution is -2.50. The van der Waals surface area contributed by atoms with E-state index in [4.69, 9.17) is 4.42 Å². The highest BCUT2D eigenvalue weighted by Gasteiger charge is 2.26. The van der Waals surface area contributed by atoms with Crippen molar-refractivity contribution in [3.8, 4) is 11.5 Å². The molecule has 2 aromatic heterocycles. The van der Waals surface area contributed by atoms with Crippen LogP contribution in [-0.2, 0) is 4.79 Å². The van der Waals surface area contributed by atoms with Gasteiger partial charge in [-0.3, -0.25) is 14.7 Å². The molecule has 7 heteroatoms. The molecule has 3 rings (SSSR count). The van der Waals surface area contributed by atoms with Crippen molar-refractivity contribution in [3.63, 3.8) is 0 Å². The number of furan rings is 1. The maximum atomic E-state index is 12.5. The van der Waals surface area contributed by atoms with Crippen molar-refractivity contribution < 1.29 is 14.0 Å². The molecule has 1 aliphatic rings. The molecule has 0 radical (unpaired) electrons. The van der Waals surface area contributed by atoms with Crippen molar-refractivity contribution >= 4 is 11.8 Å². The van der Waals surface area contributed by atoms with Crippen molar-refractivity contribution in [1.29, 1.82) is 0 Å². The van der Waals surface area contributed by atoms with Crippen molar-refractivity contribution in [3.05, 3.63) is 30.2 Å². The zero-order valence-corrected chi connectivity index (χ0v) is 13.1. The number of amides is 2. The molecule has 1 fully saturated rings. The summed E-state index contributed by atoms with van der Waals surface area (Å²) < 4.78 is 5.28. The Hall–Kier alpha value is -2.57. The molecule has 0 aliphatic carbocycles. The largest absolute Gasteiger partial charge is 0.463 e. The zero-order valence-electron chi connectivity index (χ0n) is 13.1. The highest BCUT2D eigenvalue weighted by Crippen LogP contribution is 2.19. The number of nitrogens with one attached hydrogen (secondary N) is 1. The molecular formula is C16H20N4O3. The predicted molar refractivity (Wildman–Crippen MR) is 83.7 cm³/mol. The Morgan fingerprint density at radius 3 is 2.65 bits per heavy atom. The molecular weight excluding hydrogens is 296 g/mol. The van der Waals surface area contributed by atoms with Gasteiger partial charge in [-0.1, -0.05) is 6.92 Å². The van der Waals surface area contributed by atoms with E-state index in [0.717, 1.165) is 6.42 Å². The van der Waals surface area contributed by atoms with E-state index in [1.165, 1.54) is 0 Å². The maximum absolute atomic E-state index is 12.5. The smallest absolute Gasteiger partial charge is 0.274 e. The number of rotatable bonds is 4. The van der Waals surface area contributed by atoms with Gasteiger partial charge in [0, 0.05) is 38.7 Å². The molecule has 1 saturated heterocycles. The van der Waals surface area contributed by atoms with Crippen LogP contribution >= 0.6 is 0 Å². The first-order valence-corrected chi connectivity index (χ1v) is 7.85. The number of aromatic amines is 1. The van der Waals surface area contributed by atoms with E-state index in [2.05, 4.69) is 10.2 Å². The normalized spacial score (nSPS) is 15.0. The van der Waals surface area contributed by atoms with Crippen LogP contribution in [0.3, 0.4) is 0 Å². The summed E-state index contributed by atoms with van der Waals surface area (Å²) in [6.45, 7) is 4.24. The van der Waals surface area contributed by atoms with Gasteiger partial charge in [0.2, 0.25) is 5.91 Å². The fourth-order valence-electron chi connectivity index (χ4n) is 2.68. The van der Waals surface area contributed by atoms with Crippen molar-refractivity contribution in [2.75, 3.05) is 26.2 Å². The fourth-order valence-corrected chi connectivity index (χ4v) is 2.68. The van der Waals surface area contributed by atoms with Crippen LogP contribution in [0.25, 0.3) is 11.5 Å². The van der Waals surface area contributed by atoms with E-state index < -0.39 is 0 Å². The number of nitrogens with zero attached hydrogens (tertiary/aromatic N) is 3. The first-order valence-electron chi connectivity index (χ1n) is 7.85. The minimum Gasteiger partial charge on any atom is -0.463 e. The van der Waals surface area contributed by atoms with Gasteiger partial charge in [0.1, 0.15) is 5.69 Å². The molecule has 0 spiro atoms. The van der Waals surface area contributed by atoms with Gasteiger partial charge in [-0.2, -0.15) is 5.10 Å². The number of carbonyl (C=O) groups is 2. The van der Waals surface area contributed by atoms with Crippen LogP contribution in [0.4, 0.5) is 0 Å². The maximum Gasteiger partial charge on any atom is 0.274 e. The topological polar surface area (TPSA) is 82.4 Å². The number of hydrogen-bond acceptors (Lipinski definition) is 4. The standard InChI is InChI=1S/C16H20N4O3/c1-2-4-15(21)19-6-8-20(9-7-19)16(22)13-11-12(17-18-13)14-5-3-10-23-14/h3,5,10-11H,2,4,6-9H2,1H3,(H,17,18). The Morgan fingerprint density at radius 2 is 2.00 bits per heavy atom. The third-order valence-corrected chi connectivity index (χ3v) is 3.97. The molecule has 23 heavy (non-hydrogen) atoms. The van der Waals surface area contributed by atoms with Crippen LogP contribution in [0.1, 0.15) is 30.3 Å². The summed E-state index contributed by atoms with van der Waals surface area (Å²) in [7, 11) is 0. The molecule has 0 saturated carbocycles. The van der Waals surface area contributed by atoms with Gasteiger partial charge < -0.3 is 14.2 Å². The second-order valence-electron chi connectivity index (χ2n) is 5.57. The Labute approximate surface area is 134 Å². The van der Waals surface area contributed by atoms with Gasteiger partial charge in [0.25, 0.3) is 5.91 Å². The summed E-state index contributed by atoms with van der Waals surface area (Å²) in [4.78, 5) is 27.9. The van der Waals surface area contributed by atoms with Crippen molar-refractivity contribution in [2.45, 2.75) is 19.8 Å². The lowest BCUT2D eigenvalue weighted by molar-refractivity contribution is -0.132. The second-order valence-corrected chi connectivity index (χ2v) is 5.57. The molecule has 2 amide bonds. The third-order valence-electron chi connectivity index (χ3n) is 3.97. The fraction of sp³-hybridized carbons (Fsp3) is 0.438. The molecule has 122 valence electrons. The average molecular weight is 316 g/mol. The van der Waals surface area contributed by atoms with Gasteiger partial charge in [-0.15, -0.1) is 0 Å². The summed E-state index contributed by atoms with van der Waals surface area (Å²) in [6.07, 6.45) is 2.99. The third kappa shape index (κ3) is 3.28. The van der Waals surface area contributed by atoms with Crippen LogP contribution < -0.4 is 0 Å². The Balaban J connectivity index is 1.60. The SMILES string of the molecule is CCCC(=O)N1CCN(C(=O)c2cc(-c3ccco3)[nH]n2)CC1. The Bertz CT molecular complexity index is 669. The van der Waals surface area contributed by atoms with E-state index >= 15 is 0 Å². The molecule has 1 aliphatic heterocycles. The monoisotopic (exact) mass is 316 g/mol. The summed E-state index contributed by atoms with van der Waals surface area (Å²) in [5.41, 5.74) is 1.04. The summed E-state index contributed by atoms with van der Waals surface area (Å²) in [5, 5.41) is 6.89. The van der Waals surface area contributed by atoms with Gasteiger partial charge in [-0.05, 0) is 18.6 Å². The first kappa shape index (κ1) is 15.3. The summed E-state index contributed by atoms with van der Waals surface area (Å²) >= 11 is 0. The van der Waals surface area contributed by atoms with Crippen LogP contribution in [0.15, 0.2) is 28.9 Å². The minimum absolute atomic E-state index is 0.123. The molecule has 0 bridgehead atoms. The lowest BCUT2D eigenvalue weighted by Gasteiger charge is -2.34. The number of aromatic nitrogens is 2. The van der Waals surface area contributed by atoms with Crippen LogP contribution in [0, 0.1) is 0 Å². The summed E-state index contributed by atoms with van der Waals surface area (Å²) in [6, 6.07) is 5.28. The molecule has 7 nitrogen and oxygen atoms in total. The Kier molecular flexibility index (Phi) is 4.45. The highest BCUT2D eigenvalue weighted by atomic mass is 16.3. The molecule has 0 atom stereocenters. The van der Waals surface area contributed by atoms with Crippen molar-refractivity contribution in [2.24, 2.45) is 0 Å². The highest BCUT2D eigenvalue weighted by molar-refractivity contribution is 5.93. The van der Waals surface area contributed by atoms with Gasteiger partial charge in [0.15, 0.2) is 11.5 Å². The number of H-pyrrole nitrogens is 1. The van der Waals surface area contributed by atoms with Crippen molar-refractivity contribution in [1.82, 2.24) is 20.0 Å². The number of piperazine rings is 1. The summed E-state index contributed by atoms with van der Waals surface area (Å²) in [5.74, 6) is 0.688. The lowest BCUT2D eigenvalue weighted by atomic mass is 10.2. The first-order chi connectivity index (χ1) is 11.2. The predicted octanol–water partition coefficient (Wildman–Crippen LogP) is 1.75. The van der Waals surface area contributed by atoms with E-state index in [1.54, 1.807) is 29.4 Å². The van der Waals surface area contributed by atoms with Gasteiger partial charge in [-0.25, -0.2) is 0 Å². The minimum atomic E-state index is -0.123. The van der Waals surface area contributed by atoms with E-state index in [0.29, 0.717) is 49.7 Å². The Morgan fingerprint density at radius 1 is 1.26 bits per heavy atom. The van der Waals surface area contributed by atoms with E-state index in [9.17, 15) is 9.59 Å². The van der Waals surface area contributed by atoms with Gasteiger partial charge >= 0.3 is 0 Å². The molecule has 0 aromatic carbocycles. The molecule has 3 heterocycles. The molecule has 0 unspecified atom stereocenters. The van der Waals surface area contributed by atoms with Gasteiger partial charge in [0.05, 0.1) is 6.26 Å². The van der Waals surface area contributed by atoms with Crippen LogP contribution in [0.2, 0.25) is 0 Å². The zero-order chi connectivity index (χ0) is 16.2. The van der Waals surface area contributed by atoms with Crippen LogP contribution in [0.5, 0.6) is 0 Å². The second kappa shape index (κ2) is 6.68. The molecule has 2 aromatic rings. The van der Waals surface area contributed by atoms with E-state index in [1.807, 2.05) is 11.8 Å². The van der Waals surface area contributed by atoms with E-state index in [-0.39, 0.29) is 11.8 Å². The quantitative estimate of drug-likeness (QED) is 0.931. The molecule has 1 N–H and O–H groups in total.